The third-order valence-electron chi connectivity index (χ3n) is 4.48. The third-order valence-corrected chi connectivity index (χ3v) is 4.48. The van der Waals surface area contributed by atoms with Gasteiger partial charge in [-0.05, 0) is 38.4 Å². The maximum absolute atomic E-state index is 13.0. The predicted molar refractivity (Wildman–Crippen MR) is 114 cm³/mol. The lowest BCUT2D eigenvalue weighted by molar-refractivity contribution is 0.104. The number of nitrogens with one attached hydrogen (secondary N) is 1. The number of phenols is 1. The first-order valence-corrected chi connectivity index (χ1v) is 8.25. The summed E-state index contributed by atoms with van der Waals surface area (Å²) < 4.78 is 0. The Labute approximate surface area is 170 Å². The Bertz CT molecular complexity index is 1010. The number of carbonyl (C=O) groups is 1. The lowest BCUT2D eigenvalue weighted by atomic mass is 10.0. The topological polar surface area (TPSA) is 65.5 Å². The highest BCUT2D eigenvalue weighted by atomic mass is 35.5. The summed E-state index contributed by atoms with van der Waals surface area (Å²) >= 11 is 0. The number of hydrogen-bond acceptors (Lipinski definition) is 5. The summed E-state index contributed by atoms with van der Waals surface area (Å²) in [7, 11) is 4.03. The summed E-state index contributed by atoms with van der Waals surface area (Å²) in [5.41, 5.74) is 4.24. The maximum Gasteiger partial charge on any atom is 0.198 e. The number of fused-ring (bicyclic) bond motifs is 4. The number of nitrogens with zero attached hydrogens (tertiary/aromatic N) is 2. The van der Waals surface area contributed by atoms with Gasteiger partial charge in [-0.15, -0.1) is 24.8 Å². The summed E-state index contributed by atoms with van der Waals surface area (Å²) in [5.74, 6) is -0.00177. The van der Waals surface area contributed by atoms with E-state index in [0.717, 1.165) is 35.2 Å². The molecular weight excluding hydrogens is 385 g/mol. The highest BCUT2D eigenvalue weighted by molar-refractivity contribution is 6.26. The summed E-state index contributed by atoms with van der Waals surface area (Å²) in [6, 6.07) is 12.7. The fourth-order valence-corrected chi connectivity index (χ4v) is 3.28. The number of phenolic OH excluding ortho intramolecular Hbond substituents is 1. The van der Waals surface area contributed by atoms with E-state index < -0.39 is 0 Å². The molecule has 0 saturated heterocycles. The highest BCUT2D eigenvalue weighted by Crippen LogP contribution is 2.43. The second kappa shape index (κ2) is 8.13. The van der Waals surface area contributed by atoms with Crippen molar-refractivity contribution in [1.82, 2.24) is 9.88 Å². The van der Waals surface area contributed by atoms with Crippen molar-refractivity contribution in [3.63, 3.8) is 0 Å². The van der Waals surface area contributed by atoms with Crippen molar-refractivity contribution in [3.8, 4) is 17.0 Å². The Kier molecular flexibility index (Phi) is 6.31. The number of aromatic nitrogens is 1. The van der Waals surface area contributed by atoms with Crippen LogP contribution in [0, 0.1) is 0 Å². The minimum Gasteiger partial charge on any atom is -0.508 e. The molecule has 0 atom stereocenters. The standard InChI is InChI=1S/C20H19N3O2.2ClH/c1-23(2)10-9-21-18-14-5-3-4-6-16(14)22-19-13-8-7-12(24)11-15(13)20(25)17(18)19;;/h3-8,11,24H,9-10H2,1-2H3,(H,21,22);2*1H. The molecule has 0 amide bonds. The van der Waals surface area contributed by atoms with Gasteiger partial charge >= 0.3 is 0 Å². The Balaban J connectivity index is 0.00000131. The second-order valence-corrected chi connectivity index (χ2v) is 6.52. The molecule has 0 unspecified atom stereocenters. The normalized spacial score (nSPS) is 11.6. The van der Waals surface area contributed by atoms with Crippen LogP contribution in [0.1, 0.15) is 15.9 Å². The van der Waals surface area contributed by atoms with Gasteiger partial charge in [0.25, 0.3) is 0 Å². The van der Waals surface area contributed by atoms with E-state index in [1.807, 2.05) is 38.4 Å². The first kappa shape index (κ1) is 21.0. The van der Waals surface area contributed by atoms with Crippen LogP contribution >= 0.6 is 24.8 Å². The zero-order valence-corrected chi connectivity index (χ0v) is 16.7. The van der Waals surface area contributed by atoms with Crippen molar-refractivity contribution in [2.24, 2.45) is 0 Å². The number of anilines is 1. The van der Waals surface area contributed by atoms with Crippen LogP contribution in [0.5, 0.6) is 5.75 Å². The number of para-hydroxylation sites is 1. The number of halogens is 2. The van der Waals surface area contributed by atoms with Gasteiger partial charge in [-0.25, -0.2) is 4.98 Å². The first-order chi connectivity index (χ1) is 12.1. The molecule has 7 heteroatoms. The van der Waals surface area contributed by atoms with Crippen LogP contribution in [0.3, 0.4) is 0 Å². The van der Waals surface area contributed by atoms with E-state index in [1.165, 1.54) is 6.07 Å². The molecule has 1 aromatic heterocycles. The largest absolute Gasteiger partial charge is 0.508 e. The molecule has 0 bridgehead atoms. The van der Waals surface area contributed by atoms with E-state index >= 15 is 0 Å². The Morgan fingerprint density at radius 3 is 2.56 bits per heavy atom. The van der Waals surface area contributed by atoms with Gasteiger partial charge in [0.15, 0.2) is 5.78 Å². The lowest BCUT2D eigenvalue weighted by Gasteiger charge is -2.16. The number of benzene rings is 2. The van der Waals surface area contributed by atoms with Crippen LogP contribution in [0.4, 0.5) is 5.69 Å². The number of carbonyl (C=O) groups excluding carboxylic acids is 1. The third kappa shape index (κ3) is 3.58. The van der Waals surface area contributed by atoms with Crippen LogP contribution in [0.15, 0.2) is 42.5 Å². The van der Waals surface area contributed by atoms with Crippen molar-refractivity contribution in [3.05, 3.63) is 53.6 Å². The zero-order valence-electron chi connectivity index (χ0n) is 15.0. The second-order valence-electron chi connectivity index (χ2n) is 6.52. The van der Waals surface area contributed by atoms with E-state index in [-0.39, 0.29) is 36.3 Å². The molecule has 0 aliphatic heterocycles. The molecule has 3 aromatic rings. The lowest BCUT2D eigenvalue weighted by Crippen LogP contribution is -2.21. The van der Waals surface area contributed by atoms with Crippen molar-refractivity contribution < 1.29 is 9.90 Å². The quantitative estimate of drug-likeness (QED) is 0.537. The van der Waals surface area contributed by atoms with Gasteiger partial charge in [-0.3, -0.25) is 4.79 Å². The molecule has 27 heavy (non-hydrogen) atoms. The van der Waals surface area contributed by atoms with Crippen LogP contribution in [0.25, 0.3) is 22.2 Å². The van der Waals surface area contributed by atoms with E-state index in [1.54, 1.807) is 12.1 Å². The number of ketones is 1. The van der Waals surface area contributed by atoms with Crippen LogP contribution < -0.4 is 5.32 Å². The van der Waals surface area contributed by atoms with Gasteiger partial charge in [0.05, 0.1) is 22.5 Å². The van der Waals surface area contributed by atoms with Gasteiger partial charge in [-0.2, -0.15) is 0 Å². The molecule has 4 rings (SSSR count). The van der Waals surface area contributed by atoms with E-state index in [2.05, 4.69) is 10.2 Å². The summed E-state index contributed by atoms with van der Waals surface area (Å²) in [6.45, 7) is 1.58. The Morgan fingerprint density at radius 1 is 1.07 bits per heavy atom. The van der Waals surface area contributed by atoms with Crippen LogP contribution in [-0.4, -0.2) is 48.0 Å². The molecule has 142 valence electrons. The van der Waals surface area contributed by atoms with Crippen molar-refractivity contribution in [1.29, 1.82) is 0 Å². The fraction of sp³-hybridized carbons (Fsp3) is 0.200. The molecule has 2 N–H and O–H groups in total. The minimum atomic E-state index is -0.0912. The maximum atomic E-state index is 13.0. The number of hydrogen-bond donors (Lipinski definition) is 2. The van der Waals surface area contributed by atoms with Crippen molar-refractivity contribution in [2.45, 2.75) is 0 Å². The van der Waals surface area contributed by atoms with Gasteiger partial charge in [-0.1, -0.05) is 18.2 Å². The molecule has 0 fully saturated rings. The number of aromatic hydroxyl groups is 1. The zero-order chi connectivity index (χ0) is 17.6. The highest BCUT2D eigenvalue weighted by Gasteiger charge is 2.32. The van der Waals surface area contributed by atoms with Crippen LogP contribution in [-0.2, 0) is 0 Å². The van der Waals surface area contributed by atoms with Gasteiger partial charge in [0.1, 0.15) is 5.75 Å². The van der Waals surface area contributed by atoms with Gasteiger partial charge < -0.3 is 15.3 Å². The molecular formula is C20H21Cl2N3O2. The smallest absolute Gasteiger partial charge is 0.198 e. The number of pyridine rings is 1. The molecule has 1 heterocycles. The SMILES string of the molecule is CN(C)CCNc1c2c(nc3ccccc13)-c1ccc(O)cc1C2=O.Cl.Cl. The first-order valence-electron chi connectivity index (χ1n) is 8.25. The molecule has 1 aliphatic carbocycles. The minimum absolute atomic E-state index is 0. The van der Waals surface area contributed by atoms with Crippen molar-refractivity contribution >= 4 is 47.2 Å². The van der Waals surface area contributed by atoms with Crippen molar-refractivity contribution in [2.75, 3.05) is 32.5 Å². The molecule has 0 spiro atoms. The average Bonchev–Trinajstić information content (AvgIpc) is 2.86. The Hall–Kier alpha value is -2.34. The monoisotopic (exact) mass is 405 g/mol. The molecule has 1 aliphatic rings. The Morgan fingerprint density at radius 2 is 1.81 bits per heavy atom. The van der Waals surface area contributed by atoms with E-state index in [4.69, 9.17) is 4.98 Å². The summed E-state index contributed by atoms with van der Waals surface area (Å²) in [5, 5.41) is 14.1. The van der Waals surface area contributed by atoms with Gasteiger partial charge in [0, 0.05) is 29.6 Å². The van der Waals surface area contributed by atoms with Crippen LogP contribution in [0.2, 0.25) is 0 Å². The average molecular weight is 406 g/mol. The van der Waals surface area contributed by atoms with E-state index in [0.29, 0.717) is 16.8 Å². The molecule has 0 saturated carbocycles. The predicted octanol–water partition coefficient (Wildman–Crippen LogP) is 3.97. The number of likely N-dealkylation sites (N-methyl/N-ethyl adjacent to an activating group) is 1. The molecule has 5 nitrogen and oxygen atoms in total. The fourth-order valence-electron chi connectivity index (χ4n) is 3.28. The summed E-state index contributed by atoms with van der Waals surface area (Å²) in [4.78, 5) is 19.8. The molecule has 0 radical (unpaired) electrons. The molecule has 2 aromatic carbocycles. The summed E-state index contributed by atoms with van der Waals surface area (Å²) in [6.07, 6.45) is 0. The van der Waals surface area contributed by atoms with E-state index in [9.17, 15) is 9.90 Å². The van der Waals surface area contributed by atoms with Gasteiger partial charge in [0.2, 0.25) is 0 Å². The number of rotatable bonds is 4.